The van der Waals surface area contributed by atoms with Crippen LogP contribution in [-0.4, -0.2) is 55.0 Å². The number of sulfonamides is 1. The van der Waals surface area contributed by atoms with Crippen LogP contribution in [0.15, 0.2) is 29.8 Å². The Hall–Kier alpha value is -1.72. The second kappa shape index (κ2) is 7.36. The minimum absolute atomic E-state index is 0.0513. The molecule has 1 aromatic rings. The highest BCUT2D eigenvalue weighted by Crippen LogP contribution is 2.37. The van der Waals surface area contributed by atoms with Crippen LogP contribution in [-0.2, 0) is 24.3 Å². The van der Waals surface area contributed by atoms with Gasteiger partial charge in [-0.3, -0.25) is 4.72 Å². The molecule has 1 fully saturated rings. The van der Waals surface area contributed by atoms with Gasteiger partial charge in [0.25, 0.3) is 0 Å². The van der Waals surface area contributed by atoms with Crippen LogP contribution in [0.25, 0.3) is 0 Å². The number of hydrogen-bond acceptors (Lipinski definition) is 6. The molecule has 1 saturated heterocycles. The van der Waals surface area contributed by atoms with E-state index in [1.54, 1.807) is 0 Å². The quantitative estimate of drug-likeness (QED) is 0.673. The van der Waals surface area contributed by atoms with Crippen molar-refractivity contribution in [1.82, 2.24) is 0 Å². The third-order valence-corrected chi connectivity index (χ3v) is 6.38. The third-order valence-electron chi connectivity index (χ3n) is 4.32. The fraction of sp³-hybridized carbons (Fsp3) is 0.438. The number of halogens is 2. The first kappa shape index (κ1) is 20.0. The average molecular weight is 422 g/mol. The molecule has 0 amide bonds. The molecule has 1 aliphatic heterocycles. The molecule has 0 bridgehead atoms. The Kier molecular flexibility index (Phi) is 5.46. The van der Waals surface area contributed by atoms with Crippen LogP contribution in [0.3, 0.4) is 0 Å². The lowest BCUT2D eigenvalue weighted by Crippen LogP contribution is -2.49. The molecule has 0 saturated carbocycles. The zero-order valence-corrected chi connectivity index (χ0v) is 15.5. The van der Waals surface area contributed by atoms with E-state index < -0.39 is 44.5 Å². The highest BCUT2D eigenvalue weighted by Gasteiger charge is 2.46. The van der Waals surface area contributed by atoms with Crippen molar-refractivity contribution in [3.63, 3.8) is 0 Å². The van der Waals surface area contributed by atoms with Crippen LogP contribution < -0.4 is 4.72 Å². The van der Waals surface area contributed by atoms with E-state index in [0.29, 0.717) is 0 Å². The average Bonchev–Trinajstić information content (AvgIpc) is 2.60. The number of benzene rings is 1. The van der Waals surface area contributed by atoms with E-state index in [1.165, 1.54) is 0 Å². The van der Waals surface area contributed by atoms with E-state index >= 15 is 0 Å². The molecule has 1 aromatic carbocycles. The third kappa shape index (κ3) is 4.25. The summed E-state index contributed by atoms with van der Waals surface area (Å²) in [5.74, 6) is -3.46. The smallest absolute Gasteiger partial charge is 0.332 e. The highest BCUT2D eigenvalue weighted by molar-refractivity contribution is 7.93. The summed E-state index contributed by atoms with van der Waals surface area (Å²) in [6.07, 6.45) is 0.281. The normalized spacial score (nSPS) is 28.6. The van der Waals surface area contributed by atoms with Crippen molar-refractivity contribution >= 4 is 33.3 Å². The molecule has 1 heterocycles. The Bertz CT molecular complexity index is 881. The number of aliphatic carboxylic acids is 1. The van der Waals surface area contributed by atoms with E-state index in [-0.39, 0.29) is 36.8 Å². The van der Waals surface area contributed by atoms with Gasteiger partial charge in [0.2, 0.25) is 10.0 Å². The maximum atomic E-state index is 13.1. The zero-order valence-electron chi connectivity index (χ0n) is 13.9. The highest BCUT2D eigenvalue weighted by atomic mass is 35.5. The fourth-order valence-electron chi connectivity index (χ4n) is 3.00. The minimum atomic E-state index is -4.20. The molecule has 0 aromatic heterocycles. The number of hydrogen-bond donors (Lipinski definition) is 3. The monoisotopic (exact) mass is 421 g/mol. The van der Waals surface area contributed by atoms with Crippen LogP contribution in [0.5, 0.6) is 0 Å². The second-order valence-electron chi connectivity index (χ2n) is 6.29. The summed E-state index contributed by atoms with van der Waals surface area (Å²) in [4.78, 5) is 11.7. The summed E-state index contributed by atoms with van der Waals surface area (Å²) in [6.45, 7) is -0.103. The van der Waals surface area contributed by atoms with Crippen LogP contribution in [0.2, 0.25) is 5.02 Å². The SMILES string of the molecule is O=C(O)C1=CC2(CCC1S(=O)(=O)Nc1ccc(F)cc1Cl)OCC(O)CO2. The lowest BCUT2D eigenvalue weighted by atomic mass is 9.93. The number of ether oxygens (including phenoxy) is 2. The minimum Gasteiger partial charge on any atom is -0.478 e. The maximum absolute atomic E-state index is 13.1. The van der Waals surface area contributed by atoms with Gasteiger partial charge in [-0.25, -0.2) is 17.6 Å². The summed E-state index contributed by atoms with van der Waals surface area (Å²) in [5, 5.41) is 17.4. The van der Waals surface area contributed by atoms with Crippen molar-refractivity contribution < 1.29 is 37.3 Å². The molecular formula is C16H17ClFNO7S. The number of rotatable bonds is 4. The standard InChI is InChI=1S/C16H17ClFNO7S/c17-12-5-9(18)1-2-13(12)19-27(23,24)14-3-4-16(6-11(14)15(21)22)25-7-10(20)8-26-16/h1-2,5-6,10,14,19-20H,3-4,7-8H2,(H,21,22). The van der Waals surface area contributed by atoms with Crippen molar-refractivity contribution in [2.24, 2.45) is 0 Å². The van der Waals surface area contributed by atoms with Gasteiger partial charge >= 0.3 is 5.97 Å². The van der Waals surface area contributed by atoms with Crippen LogP contribution in [0.4, 0.5) is 10.1 Å². The molecule has 148 valence electrons. The summed E-state index contributed by atoms with van der Waals surface area (Å²) >= 11 is 5.84. The summed E-state index contributed by atoms with van der Waals surface area (Å²) in [5.41, 5.74) is -0.472. The predicted octanol–water partition coefficient (Wildman–Crippen LogP) is 1.50. The zero-order chi connectivity index (χ0) is 19.8. The Morgan fingerprint density at radius 1 is 1.33 bits per heavy atom. The van der Waals surface area contributed by atoms with Gasteiger partial charge in [-0.2, -0.15) is 0 Å². The van der Waals surface area contributed by atoms with E-state index in [2.05, 4.69) is 4.72 Å². The number of nitrogens with one attached hydrogen (secondary N) is 1. The molecule has 1 unspecified atom stereocenters. The first-order valence-electron chi connectivity index (χ1n) is 8.01. The second-order valence-corrected chi connectivity index (χ2v) is 8.56. The van der Waals surface area contributed by atoms with Crippen molar-refractivity contribution in [2.45, 2.75) is 30.0 Å². The van der Waals surface area contributed by atoms with Gasteiger partial charge in [-0.15, -0.1) is 0 Å². The summed E-state index contributed by atoms with van der Waals surface area (Å²) in [6, 6.07) is 3.12. The molecule has 1 spiro atoms. The summed E-state index contributed by atoms with van der Waals surface area (Å²) in [7, 11) is -4.20. The molecule has 1 aliphatic carbocycles. The number of anilines is 1. The van der Waals surface area contributed by atoms with Gasteiger partial charge in [-0.1, -0.05) is 11.6 Å². The van der Waals surface area contributed by atoms with Gasteiger partial charge < -0.3 is 19.7 Å². The van der Waals surface area contributed by atoms with E-state index in [4.69, 9.17) is 21.1 Å². The Labute approximate surface area is 159 Å². The Morgan fingerprint density at radius 3 is 2.59 bits per heavy atom. The number of aliphatic hydroxyl groups excluding tert-OH is 1. The van der Waals surface area contributed by atoms with Crippen molar-refractivity contribution in [3.8, 4) is 0 Å². The number of carboxylic acids is 1. The lowest BCUT2D eigenvalue weighted by Gasteiger charge is -2.40. The number of carbonyl (C=O) groups is 1. The van der Waals surface area contributed by atoms with Crippen LogP contribution in [0, 0.1) is 5.82 Å². The largest absolute Gasteiger partial charge is 0.478 e. The molecule has 27 heavy (non-hydrogen) atoms. The Morgan fingerprint density at radius 2 is 2.00 bits per heavy atom. The molecule has 1 atom stereocenters. The van der Waals surface area contributed by atoms with E-state index in [0.717, 1.165) is 24.3 Å². The maximum Gasteiger partial charge on any atom is 0.332 e. The van der Waals surface area contributed by atoms with E-state index in [9.17, 15) is 27.8 Å². The van der Waals surface area contributed by atoms with Crippen LogP contribution >= 0.6 is 11.6 Å². The topological polar surface area (TPSA) is 122 Å². The molecule has 3 N–H and O–H groups in total. The van der Waals surface area contributed by atoms with Crippen molar-refractivity contribution in [2.75, 3.05) is 17.9 Å². The molecule has 11 heteroatoms. The number of aliphatic hydroxyl groups is 1. The molecule has 0 radical (unpaired) electrons. The summed E-state index contributed by atoms with van der Waals surface area (Å²) < 4.78 is 51.7. The van der Waals surface area contributed by atoms with Crippen molar-refractivity contribution in [3.05, 3.63) is 40.7 Å². The molecular weight excluding hydrogens is 405 g/mol. The first-order chi connectivity index (χ1) is 12.6. The first-order valence-corrected chi connectivity index (χ1v) is 9.93. The van der Waals surface area contributed by atoms with E-state index in [1.807, 2.05) is 0 Å². The van der Waals surface area contributed by atoms with Gasteiger partial charge in [0.05, 0.1) is 29.5 Å². The molecule has 3 rings (SSSR count). The van der Waals surface area contributed by atoms with Gasteiger partial charge in [0.15, 0.2) is 5.79 Å². The lowest BCUT2D eigenvalue weighted by molar-refractivity contribution is -0.270. The molecule has 2 aliphatic rings. The predicted molar refractivity (Wildman–Crippen MR) is 93.3 cm³/mol. The van der Waals surface area contributed by atoms with Gasteiger partial charge in [-0.05, 0) is 30.7 Å². The van der Waals surface area contributed by atoms with Crippen LogP contribution in [0.1, 0.15) is 12.8 Å². The van der Waals surface area contributed by atoms with Gasteiger partial charge in [0.1, 0.15) is 17.2 Å². The number of carboxylic acid groups (broad SMARTS) is 1. The van der Waals surface area contributed by atoms with Gasteiger partial charge in [0, 0.05) is 6.42 Å². The Balaban J connectivity index is 1.89. The fourth-order valence-corrected chi connectivity index (χ4v) is 4.83. The van der Waals surface area contributed by atoms with Crippen molar-refractivity contribution in [1.29, 1.82) is 0 Å². The molecule has 8 nitrogen and oxygen atoms in total.